The van der Waals surface area contributed by atoms with E-state index in [1.54, 1.807) is 7.11 Å². The number of rotatable bonds is 4. The lowest BCUT2D eigenvalue weighted by Gasteiger charge is -2.73. The van der Waals surface area contributed by atoms with Gasteiger partial charge in [0.1, 0.15) is 6.10 Å². The molecule has 1 N–H and O–H groups in total. The summed E-state index contributed by atoms with van der Waals surface area (Å²) in [6.45, 7) is 17.9. The fraction of sp³-hybridized carbons (Fsp3) is 0.879. The molecule has 10 atom stereocenters. The minimum absolute atomic E-state index is 0.00472. The summed E-state index contributed by atoms with van der Waals surface area (Å²) < 4.78 is 11.4. The molecule has 0 aromatic heterocycles. The van der Waals surface area contributed by atoms with Gasteiger partial charge in [-0.2, -0.15) is 0 Å². The third-order valence-electron chi connectivity index (χ3n) is 13.8. The molecular formula is C33H52O5. The Labute approximate surface area is 230 Å². The van der Waals surface area contributed by atoms with E-state index in [0.717, 1.165) is 64.2 Å². The molecule has 0 aromatic rings. The highest BCUT2D eigenvalue weighted by Crippen LogP contribution is 2.77. The molecule has 0 radical (unpaired) electrons. The van der Waals surface area contributed by atoms with Gasteiger partial charge in [0.15, 0.2) is 0 Å². The zero-order valence-corrected chi connectivity index (χ0v) is 25.0. The largest absolute Gasteiger partial charge is 0.469 e. The molecule has 214 valence electrons. The van der Waals surface area contributed by atoms with Gasteiger partial charge in [-0.3, -0.25) is 9.59 Å². The number of hydrogen-bond acceptors (Lipinski definition) is 5. The molecule has 0 spiro atoms. The molecule has 0 saturated heterocycles. The molecule has 0 aromatic carbocycles. The van der Waals surface area contributed by atoms with E-state index in [2.05, 4.69) is 41.2 Å². The molecule has 5 saturated carbocycles. The molecule has 5 rings (SSSR count). The molecule has 0 amide bonds. The van der Waals surface area contributed by atoms with Crippen LogP contribution in [0.2, 0.25) is 0 Å². The summed E-state index contributed by atoms with van der Waals surface area (Å²) in [4.78, 5) is 25.4. The number of methoxy groups -OCH3 is 1. The van der Waals surface area contributed by atoms with Crippen LogP contribution in [-0.2, 0) is 19.1 Å². The van der Waals surface area contributed by atoms with E-state index < -0.39 is 5.41 Å². The van der Waals surface area contributed by atoms with Crippen molar-refractivity contribution in [1.82, 2.24) is 0 Å². The van der Waals surface area contributed by atoms with Crippen molar-refractivity contribution in [2.75, 3.05) is 13.7 Å². The van der Waals surface area contributed by atoms with Crippen LogP contribution in [0.5, 0.6) is 0 Å². The maximum Gasteiger partial charge on any atom is 0.312 e. The Morgan fingerprint density at radius 2 is 1.61 bits per heavy atom. The molecule has 5 nitrogen and oxygen atoms in total. The molecule has 0 heterocycles. The van der Waals surface area contributed by atoms with Crippen LogP contribution in [0.15, 0.2) is 12.2 Å². The first kappa shape index (κ1) is 28.2. The van der Waals surface area contributed by atoms with Crippen LogP contribution in [0.1, 0.15) is 106 Å². The molecule has 0 aliphatic heterocycles. The number of fused-ring (bicyclic) bond motifs is 7. The summed E-state index contributed by atoms with van der Waals surface area (Å²) in [5.74, 6) is 1.59. The Hall–Kier alpha value is -1.36. The lowest BCUT2D eigenvalue weighted by Crippen LogP contribution is -2.68. The molecule has 38 heavy (non-hydrogen) atoms. The minimum Gasteiger partial charge on any atom is -0.469 e. The molecule has 5 fully saturated rings. The van der Waals surface area contributed by atoms with Crippen LogP contribution in [0.25, 0.3) is 0 Å². The first-order valence-electron chi connectivity index (χ1n) is 15.3. The van der Waals surface area contributed by atoms with Gasteiger partial charge < -0.3 is 14.6 Å². The second kappa shape index (κ2) is 9.08. The minimum atomic E-state index is -0.434. The van der Waals surface area contributed by atoms with Crippen molar-refractivity contribution < 1.29 is 24.2 Å². The van der Waals surface area contributed by atoms with Crippen LogP contribution in [-0.4, -0.2) is 36.9 Å². The van der Waals surface area contributed by atoms with Crippen molar-refractivity contribution in [1.29, 1.82) is 0 Å². The molecule has 0 bridgehead atoms. The van der Waals surface area contributed by atoms with Gasteiger partial charge in [0.25, 0.3) is 0 Å². The van der Waals surface area contributed by atoms with Gasteiger partial charge in [-0.25, -0.2) is 0 Å². The molecule has 5 aliphatic rings. The predicted molar refractivity (Wildman–Crippen MR) is 148 cm³/mol. The van der Waals surface area contributed by atoms with E-state index in [9.17, 15) is 14.7 Å². The summed E-state index contributed by atoms with van der Waals surface area (Å²) in [5, 5.41) is 11.4. The highest BCUT2D eigenvalue weighted by molar-refractivity contribution is 5.78. The second-order valence-corrected chi connectivity index (χ2v) is 15.2. The van der Waals surface area contributed by atoms with Crippen molar-refractivity contribution in [2.24, 2.45) is 56.7 Å². The highest BCUT2D eigenvalue weighted by Gasteiger charge is 2.73. The third-order valence-corrected chi connectivity index (χ3v) is 13.8. The van der Waals surface area contributed by atoms with Crippen LogP contribution < -0.4 is 0 Å². The average molecular weight is 529 g/mol. The van der Waals surface area contributed by atoms with E-state index in [0.29, 0.717) is 23.7 Å². The zero-order valence-electron chi connectivity index (χ0n) is 25.0. The molecule has 5 aliphatic carbocycles. The Bertz CT molecular complexity index is 1000. The molecule has 5 heteroatoms. The summed E-state index contributed by atoms with van der Waals surface area (Å²) in [6, 6.07) is 0. The fourth-order valence-corrected chi connectivity index (χ4v) is 12.2. The average Bonchev–Trinajstić information content (AvgIpc) is 3.26. The second-order valence-electron chi connectivity index (χ2n) is 15.2. The number of aliphatic hydroxyl groups excluding tert-OH is 1. The Morgan fingerprint density at radius 1 is 0.895 bits per heavy atom. The summed E-state index contributed by atoms with van der Waals surface area (Å²) in [5.41, 5.74) is 0.623. The quantitative estimate of drug-likeness (QED) is 0.324. The Morgan fingerprint density at radius 3 is 2.21 bits per heavy atom. The van der Waals surface area contributed by atoms with E-state index in [4.69, 9.17) is 9.47 Å². The van der Waals surface area contributed by atoms with Gasteiger partial charge in [-0.1, -0.05) is 39.8 Å². The third kappa shape index (κ3) is 3.45. The van der Waals surface area contributed by atoms with Crippen molar-refractivity contribution in [3.63, 3.8) is 0 Å². The van der Waals surface area contributed by atoms with Crippen LogP contribution in [0, 0.1) is 56.7 Å². The lowest BCUT2D eigenvalue weighted by molar-refractivity contribution is -0.263. The summed E-state index contributed by atoms with van der Waals surface area (Å²) >= 11 is 0. The number of carbonyl (C=O) groups excluding carboxylic acids is 2. The van der Waals surface area contributed by atoms with Crippen LogP contribution in [0.3, 0.4) is 0 Å². The maximum atomic E-state index is 13.4. The summed E-state index contributed by atoms with van der Waals surface area (Å²) in [6.07, 6.45) is 9.91. The van der Waals surface area contributed by atoms with Gasteiger partial charge in [0.2, 0.25) is 0 Å². The predicted octanol–water partition coefficient (Wildman–Crippen LogP) is 6.72. The van der Waals surface area contributed by atoms with Crippen LogP contribution in [0.4, 0.5) is 0 Å². The standard InChI is InChI=1S/C33H52O5/c1-20(2)22-11-16-32(28(36)37-8)17-18-33(19-34)23(27(22)32)9-10-25-30(6)14-13-26(38-21(3)35)29(4,5)24(30)12-15-31(25,33)7/h22-27,34H,1,9-19H2,2-8H3/t22-,23+,24-,25+,26?,27+,30-,31+,32-,33-/m0/s1. The summed E-state index contributed by atoms with van der Waals surface area (Å²) in [7, 11) is 1.55. The van der Waals surface area contributed by atoms with Gasteiger partial charge >= 0.3 is 11.9 Å². The Balaban J connectivity index is 1.55. The molecular weight excluding hydrogens is 476 g/mol. The van der Waals surface area contributed by atoms with Crippen molar-refractivity contribution in [2.45, 2.75) is 112 Å². The van der Waals surface area contributed by atoms with E-state index in [1.165, 1.54) is 12.5 Å². The first-order valence-corrected chi connectivity index (χ1v) is 15.3. The van der Waals surface area contributed by atoms with Crippen molar-refractivity contribution in [3.8, 4) is 0 Å². The topological polar surface area (TPSA) is 72.8 Å². The molecule has 1 unspecified atom stereocenters. The first-order chi connectivity index (χ1) is 17.7. The number of allylic oxidation sites excluding steroid dienone is 1. The number of carbonyl (C=O) groups is 2. The van der Waals surface area contributed by atoms with Gasteiger partial charge in [-0.15, -0.1) is 0 Å². The zero-order chi connectivity index (χ0) is 27.9. The smallest absolute Gasteiger partial charge is 0.312 e. The maximum absolute atomic E-state index is 13.4. The number of aliphatic hydroxyl groups is 1. The SMILES string of the molecule is C=C(C)[C@@H]1CC[C@]2(C(=O)OC)CC[C@]3(CO)[C@H](CC[C@@H]4[C@@]5(C)CCC(OC(C)=O)C(C)(C)[C@@H]5CC[C@]43C)[C@@H]12. The Kier molecular flexibility index (Phi) is 6.73. The monoisotopic (exact) mass is 528 g/mol. The normalized spacial score (nSPS) is 49.1. The number of esters is 2. The van der Waals surface area contributed by atoms with Crippen molar-refractivity contribution >= 4 is 11.9 Å². The van der Waals surface area contributed by atoms with Gasteiger partial charge in [0, 0.05) is 24.4 Å². The fourth-order valence-electron chi connectivity index (χ4n) is 12.2. The van der Waals surface area contributed by atoms with Gasteiger partial charge in [-0.05, 0) is 112 Å². The highest BCUT2D eigenvalue weighted by atomic mass is 16.5. The van der Waals surface area contributed by atoms with Crippen molar-refractivity contribution in [3.05, 3.63) is 12.2 Å². The van der Waals surface area contributed by atoms with Crippen LogP contribution >= 0.6 is 0 Å². The number of ether oxygens (including phenoxy) is 2. The lowest BCUT2D eigenvalue weighted by atomic mass is 9.32. The van der Waals surface area contributed by atoms with E-state index in [-0.39, 0.29) is 52.2 Å². The number of hydrogen-bond donors (Lipinski definition) is 1. The van der Waals surface area contributed by atoms with Gasteiger partial charge in [0.05, 0.1) is 12.5 Å². The van der Waals surface area contributed by atoms with E-state index in [1.807, 2.05) is 0 Å². The van der Waals surface area contributed by atoms with E-state index >= 15 is 0 Å².